The molecule has 1 saturated heterocycles. The van der Waals surface area contributed by atoms with Gasteiger partial charge in [0.05, 0.1) is 23.8 Å². The molecule has 0 amide bonds. The minimum absolute atomic E-state index is 0.119. The van der Waals surface area contributed by atoms with E-state index in [9.17, 15) is 13.2 Å². The first-order valence-electron chi connectivity index (χ1n) is 8.79. The van der Waals surface area contributed by atoms with Gasteiger partial charge in [-0.3, -0.25) is 4.79 Å². The Hall–Kier alpha value is -2.42. The quantitative estimate of drug-likeness (QED) is 0.700. The summed E-state index contributed by atoms with van der Waals surface area (Å²) in [7, 11) is -3.76. The number of hydrogen-bond donors (Lipinski definition) is 1. The topological polar surface area (TPSA) is 92.6 Å². The lowest BCUT2D eigenvalue weighted by Gasteiger charge is -2.24. The highest BCUT2D eigenvalue weighted by Gasteiger charge is 2.30. The summed E-state index contributed by atoms with van der Waals surface area (Å²) in [5.41, 5.74) is 0.370. The number of rotatable bonds is 6. The van der Waals surface area contributed by atoms with Crippen LogP contribution in [-0.2, 0) is 21.3 Å². The maximum absolute atomic E-state index is 13.3. The van der Waals surface area contributed by atoms with Gasteiger partial charge in [-0.05, 0) is 54.6 Å². The lowest BCUT2D eigenvalue weighted by molar-refractivity contribution is 0.0914. The second kappa shape index (κ2) is 7.30. The van der Waals surface area contributed by atoms with Crippen LogP contribution in [0.3, 0.4) is 0 Å². The third-order valence-electron chi connectivity index (χ3n) is 4.68. The van der Waals surface area contributed by atoms with Crippen LogP contribution in [0.5, 0.6) is 0 Å². The smallest absolute Gasteiger partial charge is 0.248 e. The molecule has 0 radical (unpaired) electrons. The van der Waals surface area contributed by atoms with Crippen LogP contribution >= 0.6 is 0 Å². The first-order valence-corrected chi connectivity index (χ1v) is 10.2. The van der Waals surface area contributed by atoms with E-state index in [-0.39, 0.29) is 29.6 Å². The van der Waals surface area contributed by atoms with E-state index in [4.69, 9.17) is 9.15 Å². The number of H-pyrrole nitrogens is 1. The fourth-order valence-corrected chi connectivity index (χ4v) is 4.76. The summed E-state index contributed by atoms with van der Waals surface area (Å²) in [4.78, 5) is 14.3. The molecule has 4 rings (SSSR count). The van der Waals surface area contributed by atoms with Crippen molar-refractivity contribution in [2.24, 2.45) is 0 Å². The van der Waals surface area contributed by atoms with E-state index in [1.54, 1.807) is 30.3 Å². The van der Waals surface area contributed by atoms with E-state index in [0.29, 0.717) is 23.3 Å². The number of ether oxygens (including phenoxy) is 1. The Bertz CT molecular complexity index is 1080. The third kappa shape index (κ3) is 3.83. The van der Waals surface area contributed by atoms with Gasteiger partial charge in [-0.15, -0.1) is 0 Å². The largest absolute Gasteiger partial charge is 0.468 e. The maximum Gasteiger partial charge on any atom is 0.248 e. The molecule has 1 atom stereocenters. The Morgan fingerprint density at radius 3 is 2.81 bits per heavy atom. The number of nitrogens with one attached hydrogen (secondary N) is 1. The first kappa shape index (κ1) is 18.0. The van der Waals surface area contributed by atoms with E-state index in [2.05, 4.69) is 4.98 Å². The van der Waals surface area contributed by atoms with Gasteiger partial charge in [0.1, 0.15) is 5.76 Å². The number of sulfonamides is 1. The van der Waals surface area contributed by atoms with Crippen LogP contribution in [-0.4, -0.2) is 37.0 Å². The Morgan fingerprint density at radius 2 is 2.07 bits per heavy atom. The summed E-state index contributed by atoms with van der Waals surface area (Å²) >= 11 is 0. The number of fused-ring (bicyclic) bond motifs is 1. The van der Waals surface area contributed by atoms with Gasteiger partial charge < -0.3 is 14.1 Å². The van der Waals surface area contributed by atoms with Crippen LogP contribution in [0.4, 0.5) is 0 Å². The molecule has 1 aliphatic heterocycles. The molecular weight excluding hydrogens is 368 g/mol. The normalized spacial score (nSPS) is 17.7. The fourth-order valence-electron chi connectivity index (χ4n) is 3.28. The van der Waals surface area contributed by atoms with Crippen LogP contribution in [0.25, 0.3) is 10.9 Å². The molecule has 3 aromatic rings. The van der Waals surface area contributed by atoms with Crippen molar-refractivity contribution in [3.05, 3.63) is 64.8 Å². The average molecular weight is 388 g/mol. The van der Waals surface area contributed by atoms with Crippen LogP contribution in [0.1, 0.15) is 18.6 Å². The van der Waals surface area contributed by atoms with Crippen LogP contribution in [0, 0.1) is 0 Å². The van der Waals surface area contributed by atoms with E-state index >= 15 is 0 Å². The molecule has 0 bridgehead atoms. The van der Waals surface area contributed by atoms with Crippen molar-refractivity contribution < 1.29 is 17.6 Å². The van der Waals surface area contributed by atoms with Crippen molar-refractivity contribution >= 4 is 20.9 Å². The summed E-state index contributed by atoms with van der Waals surface area (Å²) in [6, 6.07) is 11.2. The summed E-state index contributed by atoms with van der Waals surface area (Å²) in [5.74, 6) is 0.571. The summed E-state index contributed by atoms with van der Waals surface area (Å²) in [6.07, 6.45) is 3.18. The van der Waals surface area contributed by atoms with Crippen molar-refractivity contribution in [2.75, 3.05) is 13.2 Å². The fraction of sp³-hybridized carbons (Fsp3) is 0.316. The standard InChI is InChI=1S/C19H20N2O5S/c22-19-8-5-14-11-17(6-7-18(14)20-19)27(23,24)21(12-15-3-1-9-25-15)13-16-4-2-10-26-16/h1,3,5-9,11,16H,2,4,10,12-13H2,(H,20,22)/t16-/m1/s1. The summed E-state index contributed by atoms with van der Waals surface area (Å²) in [5, 5.41) is 0.658. The number of furan rings is 1. The minimum Gasteiger partial charge on any atom is -0.468 e. The zero-order valence-electron chi connectivity index (χ0n) is 14.6. The Kier molecular flexibility index (Phi) is 4.86. The van der Waals surface area contributed by atoms with E-state index < -0.39 is 10.0 Å². The van der Waals surface area contributed by atoms with Gasteiger partial charge in [0.2, 0.25) is 15.6 Å². The highest BCUT2D eigenvalue weighted by molar-refractivity contribution is 7.89. The molecule has 0 unspecified atom stereocenters. The van der Waals surface area contributed by atoms with Crippen molar-refractivity contribution in [2.45, 2.75) is 30.4 Å². The molecule has 3 heterocycles. The molecule has 7 nitrogen and oxygen atoms in total. The molecule has 0 spiro atoms. The molecule has 8 heteroatoms. The van der Waals surface area contributed by atoms with Crippen molar-refractivity contribution in [1.29, 1.82) is 0 Å². The van der Waals surface area contributed by atoms with Crippen LogP contribution in [0.15, 0.2) is 62.8 Å². The zero-order chi connectivity index (χ0) is 18.9. The molecule has 142 valence electrons. The van der Waals surface area contributed by atoms with Crippen LogP contribution in [0.2, 0.25) is 0 Å². The highest BCUT2D eigenvalue weighted by atomic mass is 32.2. The van der Waals surface area contributed by atoms with Crippen molar-refractivity contribution in [3.8, 4) is 0 Å². The number of aromatic nitrogens is 1. The molecule has 2 aromatic heterocycles. The van der Waals surface area contributed by atoms with E-state index in [1.165, 1.54) is 22.7 Å². The van der Waals surface area contributed by atoms with Gasteiger partial charge in [0.25, 0.3) is 0 Å². The van der Waals surface area contributed by atoms with Gasteiger partial charge in [-0.25, -0.2) is 8.42 Å². The number of aromatic amines is 1. The van der Waals surface area contributed by atoms with E-state index in [1.807, 2.05) is 0 Å². The number of nitrogens with zero attached hydrogens (tertiary/aromatic N) is 1. The predicted octanol–water partition coefficient (Wildman–Crippen LogP) is 2.49. The second-order valence-corrected chi connectivity index (χ2v) is 8.52. The van der Waals surface area contributed by atoms with E-state index in [0.717, 1.165) is 12.8 Å². The molecule has 0 aliphatic carbocycles. The molecule has 27 heavy (non-hydrogen) atoms. The summed E-state index contributed by atoms with van der Waals surface area (Å²) < 4.78 is 39.0. The highest BCUT2D eigenvalue weighted by Crippen LogP contribution is 2.24. The van der Waals surface area contributed by atoms with Gasteiger partial charge >= 0.3 is 0 Å². The number of pyridine rings is 1. The summed E-state index contributed by atoms with van der Waals surface area (Å²) in [6.45, 7) is 1.06. The number of hydrogen-bond acceptors (Lipinski definition) is 5. The molecule has 1 aromatic carbocycles. The van der Waals surface area contributed by atoms with Gasteiger partial charge in [0.15, 0.2) is 0 Å². The molecule has 1 aliphatic rings. The van der Waals surface area contributed by atoms with Crippen molar-refractivity contribution in [3.63, 3.8) is 0 Å². The number of benzene rings is 1. The Balaban J connectivity index is 1.69. The SMILES string of the molecule is O=c1ccc2cc(S(=O)(=O)N(Cc3ccco3)C[C@H]3CCCO3)ccc2[nH]1. The maximum atomic E-state index is 13.3. The van der Waals surface area contributed by atoms with Gasteiger partial charge in [-0.1, -0.05) is 0 Å². The molecular formula is C19H20N2O5S. The third-order valence-corrected chi connectivity index (χ3v) is 6.48. The zero-order valence-corrected chi connectivity index (χ0v) is 15.4. The monoisotopic (exact) mass is 388 g/mol. The lowest BCUT2D eigenvalue weighted by atomic mass is 10.2. The minimum atomic E-state index is -3.76. The van der Waals surface area contributed by atoms with Crippen molar-refractivity contribution in [1.82, 2.24) is 9.29 Å². The average Bonchev–Trinajstić information content (AvgIpc) is 3.34. The second-order valence-electron chi connectivity index (χ2n) is 6.58. The van der Waals surface area contributed by atoms with Gasteiger partial charge in [-0.2, -0.15) is 4.31 Å². The van der Waals surface area contributed by atoms with Crippen LogP contribution < -0.4 is 5.56 Å². The Labute approximate surface area is 156 Å². The Morgan fingerprint density at radius 1 is 1.19 bits per heavy atom. The molecule has 1 fully saturated rings. The lowest BCUT2D eigenvalue weighted by Crippen LogP contribution is -2.36. The predicted molar refractivity (Wildman–Crippen MR) is 99.8 cm³/mol. The molecule has 0 saturated carbocycles. The van der Waals surface area contributed by atoms with Gasteiger partial charge in [0, 0.05) is 24.7 Å². The molecule has 1 N–H and O–H groups in total. The first-order chi connectivity index (χ1) is 13.0.